The van der Waals surface area contributed by atoms with Crippen molar-refractivity contribution in [3.63, 3.8) is 0 Å². The second-order valence-electron chi connectivity index (χ2n) is 5.86. The van der Waals surface area contributed by atoms with Gasteiger partial charge in [0.15, 0.2) is 5.96 Å². The maximum Gasteiger partial charge on any atom is 0.193 e. The molecule has 0 spiro atoms. The summed E-state index contributed by atoms with van der Waals surface area (Å²) in [5, 5.41) is 3.35. The van der Waals surface area contributed by atoms with Gasteiger partial charge in [0.25, 0.3) is 0 Å². The second-order valence-corrected chi connectivity index (χ2v) is 5.86. The quantitative estimate of drug-likeness (QED) is 0.272. The van der Waals surface area contributed by atoms with Gasteiger partial charge in [-0.15, -0.1) is 6.58 Å². The number of nitrogens with one attached hydrogen (secondary N) is 1. The highest BCUT2D eigenvalue weighted by atomic mass is 16.5. The van der Waals surface area contributed by atoms with Crippen molar-refractivity contribution in [2.45, 2.75) is 32.7 Å². The van der Waals surface area contributed by atoms with Gasteiger partial charge in [0.2, 0.25) is 0 Å². The Balaban J connectivity index is 2.60. The van der Waals surface area contributed by atoms with E-state index < -0.39 is 0 Å². The molecular formula is C20H33N3O2. The largest absolute Gasteiger partial charge is 0.493 e. The van der Waals surface area contributed by atoms with Crippen LogP contribution in [0.2, 0.25) is 0 Å². The molecule has 1 aromatic rings. The van der Waals surface area contributed by atoms with Crippen LogP contribution in [0.5, 0.6) is 5.75 Å². The lowest BCUT2D eigenvalue weighted by Crippen LogP contribution is -2.39. The average Bonchev–Trinajstić information content (AvgIpc) is 2.63. The lowest BCUT2D eigenvalue weighted by atomic mass is 10.2. The van der Waals surface area contributed by atoms with Crippen LogP contribution in [0.1, 0.15) is 31.7 Å². The average molecular weight is 348 g/mol. The molecule has 0 bridgehead atoms. The first-order chi connectivity index (χ1) is 12.2. The standard InChI is InChI=1S/C20H33N3O2/c1-5-7-8-13-23(3)20(21-6-2)22-17-18-11-9-12-19(16-18)25-15-10-14-24-4/h5,9,11-12,16H,1,6-8,10,13-15,17H2,2-4H3,(H,21,22). The van der Waals surface area contributed by atoms with Gasteiger partial charge in [0, 0.05) is 40.3 Å². The van der Waals surface area contributed by atoms with Gasteiger partial charge in [-0.25, -0.2) is 4.99 Å². The van der Waals surface area contributed by atoms with Crippen molar-refractivity contribution < 1.29 is 9.47 Å². The van der Waals surface area contributed by atoms with Crippen LogP contribution in [0.4, 0.5) is 0 Å². The molecule has 1 N–H and O–H groups in total. The fourth-order valence-electron chi connectivity index (χ4n) is 2.34. The molecule has 0 aliphatic rings. The first-order valence-electron chi connectivity index (χ1n) is 9.02. The zero-order valence-electron chi connectivity index (χ0n) is 16.0. The van der Waals surface area contributed by atoms with Crippen LogP contribution in [0.3, 0.4) is 0 Å². The lowest BCUT2D eigenvalue weighted by Gasteiger charge is -2.21. The van der Waals surface area contributed by atoms with E-state index in [-0.39, 0.29) is 0 Å². The van der Waals surface area contributed by atoms with E-state index in [0.717, 1.165) is 49.6 Å². The van der Waals surface area contributed by atoms with Crippen molar-refractivity contribution in [2.24, 2.45) is 4.99 Å². The van der Waals surface area contributed by atoms with Gasteiger partial charge in [0.05, 0.1) is 13.2 Å². The van der Waals surface area contributed by atoms with E-state index in [0.29, 0.717) is 19.8 Å². The van der Waals surface area contributed by atoms with Gasteiger partial charge in [-0.2, -0.15) is 0 Å². The molecule has 0 saturated heterocycles. The van der Waals surface area contributed by atoms with Gasteiger partial charge < -0.3 is 19.7 Å². The molecule has 0 unspecified atom stereocenters. The summed E-state index contributed by atoms with van der Waals surface area (Å²) in [6, 6.07) is 8.12. The summed E-state index contributed by atoms with van der Waals surface area (Å²) in [4.78, 5) is 6.91. The molecule has 5 heteroatoms. The van der Waals surface area contributed by atoms with E-state index >= 15 is 0 Å². The Morgan fingerprint density at radius 3 is 2.88 bits per heavy atom. The first kappa shape index (κ1) is 21.0. The number of rotatable bonds is 12. The minimum Gasteiger partial charge on any atom is -0.493 e. The molecule has 25 heavy (non-hydrogen) atoms. The molecule has 1 rings (SSSR count). The zero-order valence-corrected chi connectivity index (χ0v) is 16.0. The molecule has 0 saturated carbocycles. The topological polar surface area (TPSA) is 46.1 Å². The fourth-order valence-corrected chi connectivity index (χ4v) is 2.34. The number of methoxy groups -OCH3 is 1. The van der Waals surface area contributed by atoms with Crippen LogP contribution in [0, 0.1) is 0 Å². The molecule has 0 atom stereocenters. The predicted molar refractivity (Wildman–Crippen MR) is 105 cm³/mol. The van der Waals surface area contributed by atoms with Crippen molar-refractivity contribution >= 4 is 5.96 Å². The highest BCUT2D eigenvalue weighted by Crippen LogP contribution is 2.14. The van der Waals surface area contributed by atoms with Crippen molar-refractivity contribution in [3.8, 4) is 5.75 Å². The predicted octanol–water partition coefficient (Wildman–Crippen LogP) is 3.47. The summed E-state index contributed by atoms with van der Waals surface area (Å²) in [7, 11) is 3.77. The molecule has 0 aromatic heterocycles. The van der Waals surface area contributed by atoms with E-state index in [1.54, 1.807) is 7.11 Å². The Bertz CT molecular complexity index is 517. The number of hydrogen-bond donors (Lipinski definition) is 1. The SMILES string of the molecule is C=CCCCN(C)C(=NCc1cccc(OCCCOC)c1)NCC. The third-order valence-corrected chi connectivity index (χ3v) is 3.67. The molecule has 0 radical (unpaired) electrons. The Morgan fingerprint density at radius 2 is 2.16 bits per heavy atom. The molecule has 0 heterocycles. The zero-order chi connectivity index (χ0) is 18.3. The van der Waals surface area contributed by atoms with Crippen molar-refractivity contribution in [1.82, 2.24) is 10.2 Å². The number of aliphatic imine (C=N–C) groups is 1. The molecule has 0 amide bonds. The molecular weight excluding hydrogens is 314 g/mol. The Hall–Kier alpha value is -2.01. The molecule has 140 valence electrons. The molecule has 1 aromatic carbocycles. The Labute approximate surface area is 152 Å². The molecule has 0 fully saturated rings. The van der Waals surface area contributed by atoms with Crippen molar-refractivity contribution in [3.05, 3.63) is 42.5 Å². The fraction of sp³-hybridized carbons (Fsp3) is 0.550. The van der Waals surface area contributed by atoms with E-state index in [9.17, 15) is 0 Å². The summed E-state index contributed by atoms with van der Waals surface area (Å²) < 4.78 is 10.8. The Kier molecular flexibility index (Phi) is 11.2. The number of benzene rings is 1. The summed E-state index contributed by atoms with van der Waals surface area (Å²) in [5.74, 6) is 1.81. The van der Waals surface area contributed by atoms with Crippen LogP contribution < -0.4 is 10.1 Å². The number of allylic oxidation sites excluding steroid dienone is 1. The number of guanidine groups is 1. The van der Waals surface area contributed by atoms with Gasteiger partial charge in [0.1, 0.15) is 5.75 Å². The smallest absolute Gasteiger partial charge is 0.193 e. The van der Waals surface area contributed by atoms with Crippen LogP contribution >= 0.6 is 0 Å². The number of unbranched alkanes of at least 4 members (excludes halogenated alkanes) is 1. The minimum absolute atomic E-state index is 0.628. The normalized spacial score (nSPS) is 11.2. The van der Waals surface area contributed by atoms with Crippen LogP contribution in [0.25, 0.3) is 0 Å². The third-order valence-electron chi connectivity index (χ3n) is 3.67. The molecule has 5 nitrogen and oxygen atoms in total. The van der Waals surface area contributed by atoms with Crippen LogP contribution in [0.15, 0.2) is 41.9 Å². The van der Waals surface area contributed by atoms with E-state index in [1.165, 1.54) is 0 Å². The highest BCUT2D eigenvalue weighted by molar-refractivity contribution is 5.79. The number of hydrogen-bond acceptors (Lipinski definition) is 3. The summed E-state index contributed by atoms with van der Waals surface area (Å²) in [6.07, 6.45) is 4.94. The number of ether oxygens (including phenoxy) is 2. The van der Waals surface area contributed by atoms with Crippen molar-refractivity contribution in [1.29, 1.82) is 0 Å². The second kappa shape index (κ2) is 13.3. The third kappa shape index (κ3) is 9.15. The van der Waals surface area contributed by atoms with Crippen LogP contribution in [-0.2, 0) is 11.3 Å². The summed E-state index contributed by atoms with van der Waals surface area (Å²) in [6.45, 7) is 9.68. The van der Waals surface area contributed by atoms with E-state index in [1.807, 2.05) is 18.2 Å². The van der Waals surface area contributed by atoms with Crippen LogP contribution in [-0.4, -0.2) is 51.3 Å². The molecule has 0 aliphatic carbocycles. The maximum absolute atomic E-state index is 5.75. The van der Waals surface area contributed by atoms with Crippen molar-refractivity contribution in [2.75, 3.05) is 40.5 Å². The first-order valence-corrected chi connectivity index (χ1v) is 9.02. The molecule has 0 aliphatic heterocycles. The maximum atomic E-state index is 5.75. The number of nitrogens with zero attached hydrogens (tertiary/aromatic N) is 2. The van der Waals surface area contributed by atoms with Gasteiger partial charge in [-0.05, 0) is 37.5 Å². The van der Waals surface area contributed by atoms with E-state index in [4.69, 9.17) is 14.5 Å². The Morgan fingerprint density at radius 1 is 1.32 bits per heavy atom. The monoisotopic (exact) mass is 347 g/mol. The summed E-state index contributed by atoms with van der Waals surface area (Å²) in [5.41, 5.74) is 1.14. The van der Waals surface area contributed by atoms with Gasteiger partial charge in [-0.1, -0.05) is 18.2 Å². The van der Waals surface area contributed by atoms with E-state index in [2.05, 4.69) is 42.9 Å². The minimum atomic E-state index is 0.628. The van der Waals surface area contributed by atoms with Gasteiger partial charge in [-0.3, -0.25) is 0 Å². The summed E-state index contributed by atoms with van der Waals surface area (Å²) >= 11 is 0. The highest BCUT2D eigenvalue weighted by Gasteiger charge is 2.05. The van der Waals surface area contributed by atoms with Gasteiger partial charge >= 0.3 is 0 Å². The lowest BCUT2D eigenvalue weighted by molar-refractivity contribution is 0.172.